The summed E-state index contributed by atoms with van der Waals surface area (Å²) in [6, 6.07) is 17.0. The van der Waals surface area contributed by atoms with Crippen molar-refractivity contribution in [2.45, 2.75) is 0 Å². The van der Waals surface area contributed by atoms with E-state index in [9.17, 15) is 4.79 Å². The number of nitrogens with zero attached hydrogens (tertiary/aromatic N) is 1. The number of carbonyl (C=O) groups excluding carboxylic acids is 1. The van der Waals surface area contributed by atoms with Crippen molar-refractivity contribution in [3.63, 3.8) is 0 Å². The van der Waals surface area contributed by atoms with Gasteiger partial charge in [-0.3, -0.25) is 0 Å². The van der Waals surface area contributed by atoms with Crippen molar-refractivity contribution in [1.82, 2.24) is 4.57 Å². The van der Waals surface area contributed by atoms with Crippen molar-refractivity contribution in [3.05, 3.63) is 60.8 Å². The molecule has 2 aromatic carbocycles. The molecule has 0 aliphatic carbocycles. The summed E-state index contributed by atoms with van der Waals surface area (Å²) in [5.74, 6) is 0. The Hall–Kier alpha value is -2.46. The first-order chi connectivity index (χ1) is 9.74. The summed E-state index contributed by atoms with van der Waals surface area (Å²) in [6.45, 7) is 0. The Kier molecular flexibility index (Phi) is 4.50. The number of para-hydroxylation sites is 1. The van der Waals surface area contributed by atoms with E-state index in [0.29, 0.717) is 0 Å². The van der Waals surface area contributed by atoms with Crippen LogP contribution in [0, 0.1) is 0 Å². The topological polar surface area (TPSA) is 46.1 Å². The highest BCUT2D eigenvalue weighted by atomic mass is 35.5. The Bertz CT molecular complexity index is 753. The molecule has 2 amide bonds. The molecule has 0 bridgehead atoms. The molecule has 3 aromatic rings. The average molecular weight is 302 g/mol. The molecule has 1 heterocycles. The molecule has 108 valence electrons. The number of carbonyl (C=O) groups is 1. The maximum absolute atomic E-state index is 12.0. The normalized spacial score (nSPS) is 9.95. The first-order valence-electron chi connectivity index (χ1n) is 6.41. The van der Waals surface area contributed by atoms with Gasteiger partial charge in [-0.15, -0.1) is 12.4 Å². The summed E-state index contributed by atoms with van der Waals surface area (Å²) in [5, 5.41) is 6.71. The number of urea groups is 1. The molecule has 0 aliphatic rings. The molecule has 5 heteroatoms. The van der Waals surface area contributed by atoms with E-state index >= 15 is 0 Å². The molecule has 0 saturated heterocycles. The monoisotopic (exact) mass is 301 g/mol. The molecule has 0 atom stereocenters. The van der Waals surface area contributed by atoms with E-state index < -0.39 is 0 Å². The van der Waals surface area contributed by atoms with Crippen LogP contribution in [-0.4, -0.2) is 10.6 Å². The minimum atomic E-state index is -0.243. The molecule has 0 unspecified atom stereocenters. The van der Waals surface area contributed by atoms with Crippen LogP contribution in [0.1, 0.15) is 0 Å². The summed E-state index contributed by atoms with van der Waals surface area (Å²) < 4.78 is 2.02. The molecular formula is C16H16ClN3O. The summed E-state index contributed by atoms with van der Waals surface area (Å²) in [6.07, 6.45) is 1.98. The van der Waals surface area contributed by atoms with E-state index in [1.807, 2.05) is 72.4 Å². The molecule has 0 saturated carbocycles. The molecule has 21 heavy (non-hydrogen) atoms. The van der Waals surface area contributed by atoms with Crippen molar-refractivity contribution in [1.29, 1.82) is 0 Å². The fraction of sp³-hybridized carbons (Fsp3) is 0.0625. The minimum absolute atomic E-state index is 0. The maximum atomic E-state index is 12.0. The van der Waals surface area contributed by atoms with Crippen molar-refractivity contribution < 1.29 is 4.79 Å². The van der Waals surface area contributed by atoms with Crippen LogP contribution in [0.3, 0.4) is 0 Å². The van der Waals surface area contributed by atoms with E-state index in [1.165, 1.54) is 0 Å². The zero-order valence-electron chi connectivity index (χ0n) is 11.5. The Balaban J connectivity index is 0.00000161. The van der Waals surface area contributed by atoms with Crippen LogP contribution in [0.4, 0.5) is 16.2 Å². The SMILES string of the molecule is Cl.Cn1ccc2c(NC(=O)Nc3ccccc3)cccc21. The first kappa shape index (κ1) is 14.9. The molecule has 3 rings (SSSR count). The standard InChI is InChI=1S/C16H15N3O.ClH/c1-19-11-10-13-14(8-5-9-15(13)19)18-16(20)17-12-6-3-2-4-7-12;/h2-11H,1H3,(H2,17,18,20);1H. The van der Waals surface area contributed by atoms with Crippen LogP contribution in [0.5, 0.6) is 0 Å². The van der Waals surface area contributed by atoms with E-state index in [-0.39, 0.29) is 18.4 Å². The van der Waals surface area contributed by atoms with Gasteiger partial charge in [-0.25, -0.2) is 4.79 Å². The fourth-order valence-electron chi connectivity index (χ4n) is 2.22. The van der Waals surface area contributed by atoms with E-state index in [4.69, 9.17) is 0 Å². The predicted octanol–water partition coefficient (Wildman–Crippen LogP) is 4.24. The Morgan fingerprint density at radius 3 is 2.48 bits per heavy atom. The quantitative estimate of drug-likeness (QED) is 0.730. The number of hydrogen-bond acceptors (Lipinski definition) is 1. The summed E-state index contributed by atoms with van der Waals surface area (Å²) in [4.78, 5) is 12.0. The van der Waals surface area contributed by atoms with E-state index in [2.05, 4.69) is 10.6 Å². The second-order valence-electron chi connectivity index (χ2n) is 4.61. The van der Waals surface area contributed by atoms with E-state index in [1.54, 1.807) is 0 Å². The molecule has 0 spiro atoms. The number of hydrogen-bond donors (Lipinski definition) is 2. The van der Waals surface area contributed by atoms with Crippen LogP contribution >= 0.6 is 12.4 Å². The third-order valence-corrected chi connectivity index (χ3v) is 3.21. The smallest absolute Gasteiger partial charge is 0.323 e. The Labute approximate surface area is 129 Å². The number of aryl methyl sites for hydroxylation is 1. The lowest BCUT2D eigenvalue weighted by Gasteiger charge is -2.09. The number of amides is 2. The van der Waals surface area contributed by atoms with Crippen LogP contribution in [0.2, 0.25) is 0 Å². The number of nitrogens with one attached hydrogen (secondary N) is 2. The zero-order valence-corrected chi connectivity index (χ0v) is 12.4. The van der Waals surface area contributed by atoms with Crippen LogP contribution in [-0.2, 0) is 7.05 Å². The van der Waals surface area contributed by atoms with Gasteiger partial charge in [0.25, 0.3) is 0 Å². The minimum Gasteiger partial charge on any atom is -0.350 e. The third kappa shape index (κ3) is 3.17. The second kappa shape index (κ2) is 6.33. The predicted molar refractivity (Wildman–Crippen MR) is 89.3 cm³/mol. The zero-order chi connectivity index (χ0) is 13.9. The molecule has 0 fully saturated rings. The van der Waals surface area contributed by atoms with Gasteiger partial charge < -0.3 is 15.2 Å². The van der Waals surface area contributed by atoms with E-state index in [0.717, 1.165) is 22.3 Å². The van der Waals surface area contributed by atoms with Crippen LogP contribution in [0.15, 0.2) is 60.8 Å². The lowest BCUT2D eigenvalue weighted by Crippen LogP contribution is -2.19. The first-order valence-corrected chi connectivity index (χ1v) is 6.41. The largest absolute Gasteiger partial charge is 0.350 e. The highest BCUT2D eigenvalue weighted by Crippen LogP contribution is 2.23. The van der Waals surface area contributed by atoms with Gasteiger partial charge in [0, 0.05) is 29.8 Å². The maximum Gasteiger partial charge on any atom is 0.323 e. The van der Waals surface area contributed by atoms with Gasteiger partial charge >= 0.3 is 6.03 Å². The molecule has 1 aromatic heterocycles. The number of anilines is 2. The summed E-state index contributed by atoms with van der Waals surface area (Å²) >= 11 is 0. The number of aromatic nitrogens is 1. The Morgan fingerprint density at radius 2 is 1.71 bits per heavy atom. The Morgan fingerprint density at radius 1 is 0.952 bits per heavy atom. The summed E-state index contributed by atoms with van der Waals surface area (Å²) in [7, 11) is 1.98. The number of fused-ring (bicyclic) bond motifs is 1. The van der Waals surface area contributed by atoms with Gasteiger partial charge in [0.2, 0.25) is 0 Å². The highest BCUT2D eigenvalue weighted by molar-refractivity contribution is 6.05. The molecule has 0 aliphatic heterocycles. The van der Waals surface area contributed by atoms with Gasteiger partial charge in [0.1, 0.15) is 0 Å². The van der Waals surface area contributed by atoms with Crippen LogP contribution < -0.4 is 10.6 Å². The van der Waals surface area contributed by atoms with Gasteiger partial charge in [-0.1, -0.05) is 24.3 Å². The average Bonchev–Trinajstić information content (AvgIpc) is 2.83. The number of rotatable bonds is 2. The van der Waals surface area contributed by atoms with Crippen molar-refractivity contribution in [2.75, 3.05) is 10.6 Å². The highest BCUT2D eigenvalue weighted by Gasteiger charge is 2.07. The number of halogens is 1. The van der Waals surface area contributed by atoms with Crippen LogP contribution in [0.25, 0.3) is 10.9 Å². The lowest BCUT2D eigenvalue weighted by atomic mass is 10.2. The lowest BCUT2D eigenvalue weighted by molar-refractivity contribution is 0.262. The third-order valence-electron chi connectivity index (χ3n) is 3.21. The second-order valence-corrected chi connectivity index (χ2v) is 4.61. The molecule has 4 nitrogen and oxygen atoms in total. The summed E-state index contributed by atoms with van der Waals surface area (Å²) in [5.41, 5.74) is 2.66. The molecule has 2 N–H and O–H groups in total. The van der Waals surface area contributed by atoms with Crippen molar-refractivity contribution in [2.24, 2.45) is 7.05 Å². The van der Waals surface area contributed by atoms with Gasteiger partial charge in [-0.2, -0.15) is 0 Å². The number of benzene rings is 2. The molecular weight excluding hydrogens is 286 g/mol. The molecule has 0 radical (unpaired) electrons. The van der Waals surface area contributed by atoms with Crippen molar-refractivity contribution in [3.8, 4) is 0 Å². The van der Waals surface area contributed by atoms with Gasteiger partial charge in [-0.05, 0) is 30.3 Å². The fourth-order valence-corrected chi connectivity index (χ4v) is 2.22. The van der Waals surface area contributed by atoms with Gasteiger partial charge in [0.15, 0.2) is 0 Å². The van der Waals surface area contributed by atoms with Gasteiger partial charge in [0.05, 0.1) is 5.69 Å². The van der Waals surface area contributed by atoms with Crippen molar-refractivity contribution >= 4 is 40.7 Å².